The first-order valence-corrected chi connectivity index (χ1v) is 10.1. The highest BCUT2D eigenvalue weighted by atomic mass is 19.4. The first kappa shape index (κ1) is 24.8. The van der Waals surface area contributed by atoms with E-state index in [1.807, 2.05) is 10.2 Å². The Kier molecular flexibility index (Phi) is 8.16. The number of amides is 2. The number of hydrogen-bond donors (Lipinski definition) is 2. The van der Waals surface area contributed by atoms with E-state index < -0.39 is 17.6 Å². The van der Waals surface area contributed by atoms with Gasteiger partial charge in [-0.15, -0.1) is 0 Å². The molecule has 1 aliphatic rings. The molecule has 0 aromatic heterocycles. The Morgan fingerprint density at radius 3 is 2.10 bits per heavy atom. The van der Waals surface area contributed by atoms with Crippen LogP contribution in [0.1, 0.15) is 37.0 Å². The molecule has 1 saturated heterocycles. The summed E-state index contributed by atoms with van der Waals surface area (Å²) in [6, 6.07) is 4.93. The molecule has 0 unspecified atom stereocenters. The van der Waals surface area contributed by atoms with E-state index in [-0.39, 0.29) is 18.4 Å². The zero-order valence-electron chi connectivity index (χ0n) is 18.3. The second-order valence-electron chi connectivity index (χ2n) is 8.20. The van der Waals surface area contributed by atoms with Crippen LogP contribution in [0.5, 0.6) is 11.5 Å². The molecule has 2 N–H and O–H groups in total. The molecule has 2 amide bonds. The summed E-state index contributed by atoms with van der Waals surface area (Å²) in [5.74, 6) is 0.367. The third kappa shape index (κ3) is 7.02. The third-order valence-electron chi connectivity index (χ3n) is 5.40. The second kappa shape index (κ2) is 10.2. The highest BCUT2D eigenvalue weighted by Gasteiger charge is 2.48. The van der Waals surface area contributed by atoms with Crippen molar-refractivity contribution in [2.45, 2.75) is 38.4 Å². The highest BCUT2D eigenvalue weighted by molar-refractivity contribution is 5.95. The topological polar surface area (TPSA) is 79.9 Å². The fraction of sp³-hybridized carbons (Fsp3) is 0.619. The van der Waals surface area contributed by atoms with E-state index in [1.165, 1.54) is 14.2 Å². The van der Waals surface area contributed by atoms with Gasteiger partial charge in [-0.1, -0.05) is 0 Å². The van der Waals surface area contributed by atoms with Crippen molar-refractivity contribution in [3.05, 3.63) is 23.8 Å². The van der Waals surface area contributed by atoms with E-state index in [0.717, 1.165) is 26.7 Å². The van der Waals surface area contributed by atoms with Crippen molar-refractivity contribution in [2.75, 3.05) is 40.4 Å². The minimum absolute atomic E-state index is 0.0812. The van der Waals surface area contributed by atoms with Gasteiger partial charge in [-0.3, -0.25) is 14.5 Å². The van der Waals surface area contributed by atoms with Gasteiger partial charge in [0.15, 0.2) is 0 Å². The lowest BCUT2D eigenvalue weighted by molar-refractivity contribution is -0.188. The number of carbonyl (C=O) groups is 2. The van der Waals surface area contributed by atoms with E-state index in [2.05, 4.69) is 5.32 Å². The maximum atomic E-state index is 12.9. The van der Waals surface area contributed by atoms with Crippen molar-refractivity contribution >= 4 is 11.8 Å². The van der Waals surface area contributed by atoms with Crippen LogP contribution in [0.25, 0.3) is 0 Å². The minimum Gasteiger partial charge on any atom is -0.497 e. The lowest BCUT2D eigenvalue weighted by Crippen LogP contribution is -2.56. The van der Waals surface area contributed by atoms with Crippen LogP contribution in [-0.4, -0.2) is 68.8 Å². The monoisotopic (exact) mass is 445 g/mol. The van der Waals surface area contributed by atoms with Gasteiger partial charge in [-0.2, -0.15) is 13.2 Å². The number of piperidine rings is 1. The van der Waals surface area contributed by atoms with Gasteiger partial charge in [0.25, 0.3) is 5.91 Å². The number of rotatable bonds is 8. The molecule has 0 aliphatic carbocycles. The van der Waals surface area contributed by atoms with Crippen LogP contribution in [0.15, 0.2) is 18.2 Å². The molecule has 0 atom stereocenters. The van der Waals surface area contributed by atoms with E-state index in [0.29, 0.717) is 36.7 Å². The van der Waals surface area contributed by atoms with Crippen molar-refractivity contribution in [1.82, 2.24) is 15.5 Å². The average molecular weight is 445 g/mol. The van der Waals surface area contributed by atoms with Crippen molar-refractivity contribution in [2.24, 2.45) is 5.92 Å². The zero-order chi connectivity index (χ0) is 23.2. The predicted octanol–water partition coefficient (Wildman–Crippen LogP) is 2.60. The molecule has 7 nitrogen and oxygen atoms in total. The van der Waals surface area contributed by atoms with Crippen LogP contribution in [0.2, 0.25) is 0 Å². The molecular weight excluding hydrogens is 415 g/mol. The Labute approximate surface area is 180 Å². The van der Waals surface area contributed by atoms with Gasteiger partial charge in [0.1, 0.15) is 17.0 Å². The first-order chi connectivity index (χ1) is 14.4. The maximum Gasteiger partial charge on any atom is 0.410 e. The summed E-state index contributed by atoms with van der Waals surface area (Å²) >= 11 is 0. The normalized spacial score (nSPS) is 16.0. The van der Waals surface area contributed by atoms with Crippen LogP contribution in [-0.2, 0) is 4.79 Å². The van der Waals surface area contributed by atoms with Crippen LogP contribution >= 0.6 is 0 Å². The summed E-state index contributed by atoms with van der Waals surface area (Å²) in [5.41, 5.74) is -1.84. The zero-order valence-corrected chi connectivity index (χ0v) is 18.3. The quantitative estimate of drug-likeness (QED) is 0.643. The third-order valence-corrected chi connectivity index (χ3v) is 5.40. The van der Waals surface area contributed by atoms with E-state index >= 15 is 0 Å². The number of halogens is 3. The Morgan fingerprint density at radius 1 is 1.06 bits per heavy atom. The number of hydrogen-bond acceptors (Lipinski definition) is 5. The van der Waals surface area contributed by atoms with E-state index in [1.54, 1.807) is 18.2 Å². The Balaban J connectivity index is 1.78. The lowest BCUT2D eigenvalue weighted by atomic mass is 9.96. The number of benzene rings is 1. The molecule has 1 fully saturated rings. The number of methoxy groups -OCH3 is 2. The predicted molar refractivity (Wildman–Crippen MR) is 109 cm³/mol. The van der Waals surface area contributed by atoms with Crippen LogP contribution in [0.3, 0.4) is 0 Å². The SMILES string of the molecule is COc1cc(OC)cc(C(=O)NCC2CCN(CC(=O)NC(C)(C)C(F)(F)F)CC2)c1. The molecule has 0 bridgehead atoms. The fourth-order valence-corrected chi connectivity index (χ4v) is 3.29. The van der Waals surface area contributed by atoms with Gasteiger partial charge in [0.2, 0.25) is 5.91 Å². The van der Waals surface area contributed by atoms with Crippen molar-refractivity contribution < 1.29 is 32.2 Å². The van der Waals surface area contributed by atoms with Crippen LogP contribution in [0.4, 0.5) is 13.2 Å². The first-order valence-electron chi connectivity index (χ1n) is 10.1. The molecular formula is C21H30F3N3O4. The van der Waals surface area contributed by atoms with E-state index in [4.69, 9.17) is 9.47 Å². The smallest absolute Gasteiger partial charge is 0.410 e. The van der Waals surface area contributed by atoms with Gasteiger partial charge >= 0.3 is 6.18 Å². The molecule has 1 aromatic carbocycles. The molecule has 174 valence electrons. The summed E-state index contributed by atoms with van der Waals surface area (Å²) in [4.78, 5) is 26.3. The maximum absolute atomic E-state index is 12.9. The Hall–Kier alpha value is -2.49. The summed E-state index contributed by atoms with van der Waals surface area (Å²) < 4.78 is 49.1. The second-order valence-corrected chi connectivity index (χ2v) is 8.20. The number of carbonyl (C=O) groups excluding carboxylic acids is 2. The van der Waals surface area contributed by atoms with E-state index in [9.17, 15) is 22.8 Å². The number of alkyl halides is 3. The molecule has 31 heavy (non-hydrogen) atoms. The molecule has 0 saturated carbocycles. The number of nitrogens with one attached hydrogen (secondary N) is 2. The molecule has 0 spiro atoms. The van der Waals surface area contributed by atoms with Gasteiger partial charge in [0, 0.05) is 18.2 Å². The van der Waals surface area contributed by atoms with Crippen LogP contribution < -0.4 is 20.1 Å². The summed E-state index contributed by atoms with van der Waals surface area (Å²) in [6.07, 6.45) is -3.05. The largest absolute Gasteiger partial charge is 0.497 e. The number of ether oxygens (including phenoxy) is 2. The van der Waals surface area contributed by atoms with Crippen molar-refractivity contribution in [1.29, 1.82) is 0 Å². The summed E-state index contributed by atoms with van der Waals surface area (Å²) in [5, 5.41) is 4.95. The Bertz CT molecular complexity index is 753. The molecule has 1 aromatic rings. The highest BCUT2D eigenvalue weighted by Crippen LogP contribution is 2.29. The van der Waals surface area contributed by atoms with Gasteiger partial charge < -0.3 is 20.1 Å². The fourth-order valence-electron chi connectivity index (χ4n) is 3.29. The Morgan fingerprint density at radius 2 is 1.61 bits per heavy atom. The van der Waals surface area contributed by atoms with Gasteiger partial charge in [0.05, 0.1) is 20.8 Å². The van der Waals surface area contributed by atoms with Gasteiger partial charge in [-0.05, 0) is 57.8 Å². The molecule has 10 heteroatoms. The number of nitrogens with zero attached hydrogens (tertiary/aromatic N) is 1. The molecule has 2 rings (SSSR count). The summed E-state index contributed by atoms with van der Waals surface area (Å²) in [6.45, 7) is 3.43. The van der Waals surface area contributed by atoms with Crippen molar-refractivity contribution in [3.8, 4) is 11.5 Å². The average Bonchev–Trinajstić information content (AvgIpc) is 2.71. The van der Waals surface area contributed by atoms with Gasteiger partial charge in [-0.25, -0.2) is 0 Å². The molecule has 1 aliphatic heterocycles. The molecule has 0 radical (unpaired) electrons. The van der Waals surface area contributed by atoms with Crippen LogP contribution in [0, 0.1) is 5.92 Å². The number of likely N-dealkylation sites (tertiary alicyclic amines) is 1. The molecule has 1 heterocycles. The standard InChI is InChI=1S/C21H30F3N3O4/c1-20(2,21(22,23)24)26-18(28)13-27-7-5-14(6-8-27)12-25-19(29)15-9-16(30-3)11-17(10-15)31-4/h9-11,14H,5-8,12-13H2,1-4H3,(H,25,29)(H,26,28). The lowest BCUT2D eigenvalue weighted by Gasteiger charge is -2.33. The van der Waals surface area contributed by atoms with Crippen molar-refractivity contribution in [3.63, 3.8) is 0 Å². The summed E-state index contributed by atoms with van der Waals surface area (Å²) in [7, 11) is 3.02. The minimum atomic E-state index is -4.51.